The van der Waals surface area contributed by atoms with Gasteiger partial charge in [0, 0.05) is 5.92 Å². The topological polar surface area (TPSA) is 17.1 Å². The lowest BCUT2D eigenvalue weighted by Crippen LogP contribution is -2.14. The first-order valence-electron chi connectivity index (χ1n) is 4.87. The SMILES string of the molecule is O=C[C@H]1C[C@H]2[C@@H]3C[C@@H]4[C@@H]2[C@H]4[C@@H]31. The van der Waals surface area contributed by atoms with Gasteiger partial charge in [0.1, 0.15) is 6.29 Å². The summed E-state index contributed by atoms with van der Waals surface area (Å²) in [5, 5.41) is 0. The van der Waals surface area contributed by atoms with E-state index < -0.39 is 0 Å². The normalized spacial score (nSPS) is 74.0. The monoisotopic (exact) mass is 148 g/mol. The van der Waals surface area contributed by atoms with Crippen LogP contribution in [0.25, 0.3) is 0 Å². The molecule has 0 aromatic heterocycles. The standard InChI is InChI=1S/C10H12O/c11-3-4-1-5-6-2-7-9(5)10(7)8(4)6/h3-10H,1-2H2/t4-,5+,6+,7-,8-,9-,10-/m1/s1. The molecule has 0 saturated heterocycles. The lowest BCUT2D eigenvalue weighted by molar-refractivity contribution is -0.112. The van der Waals surface area contributed by atoms with E-state index in [2.05, 4.69) is 0 Å². The van der Waals surface area contributed by atoms with E-state index in [1.165, 1.54) is 19.1 Å². The molecule has 0 heterocycles. The molecule has 5 aliphatic carbocycles. The van der Waals surface area contributed by atoms with Crippen molar-refractivity contribution in [3.63, 3.8) is 0 Å². The van der Waals surface area contributed by atoms with Crippen LogP contribution >= 0.6 is 0 Å². The summed E-state index contributed by atoms with van der Waals surface area (Å²) in [5.74, 6) is 6.61. The average molecular weight is 148 g/mol. The Balaban J connectivity index is 1.85. The molecule has 0 aromatic carbocycles. The van der Waals surface area contributed by atoms with E-state index in [-0.39, 0.29) is 0 Å². The molecular weight excluding hydrogens is 136 g/mol. The van der Waals surface area contributed by atoms with Crippen LogP contribution in [-0.4, -0.2) is 6.29 Å². The van der Waals surface area contributed by atoms with Crippen molar-refractivity contribution in [3.05, 3.63) is 0 Å². The maximum Gasteiger partial charge on any atom is 0.123 e. The quantitative estimate of drug-likeness (QED) is 0.513. The van der Waals surface area contributed by atoms with E-state index in [1.54, 1.807) is 0 Å². The predicted molar refractivity (Wildman–Crippen MR) is 39.7 cm³/mol. The van der Waals surface area contributed by atoms with Crippen LogP contribution < -0.4 is 0 Å². The lowest BCUT2D eigenvalue weighted by Gasteiger charge is -2.14. The summed E-state index contributed by atoms with van der Waals surface area (Å²) in [6.45, 7) is 0. The summed E-state index contributed by atoms with van der Waals surface area (Å²) in [5.41, 5.74) is 0. The van der Waals surface area contributed by atoms with Crippen molar-refractivity contribution in [1.82, 2.24) is 0 Å². The number of hydrogen-bond donors (Lipinski definition) is 0. The molecule has 1 heteroatoms. The Bertz CT molecular complexity index is 247. The van der Waals surface area contributed by atoms with Gasteiger partial charge in [0.15, 0.2) is 0 Å². The van der Waals surface area contributed by atoms with Crippen molar-refractivity contribution >= 4 is 6.29 Å². The number of carbonyl (C=O) groups is 1. The third-order valence-corrected chi connectivity index (χ3v) is 5.03. The maximum absolute atomic E-state index is 10.7. The van der Waals surface area contributed by atoms with Crippen LogP contribution in [0.5, 0.6) is 0 Å². The molecule has 5 aliphatic rings. The van der Waals surface area contributed by atoms with Gasteiger partial charge in [-0.25, -0.2) is 0 Å². The molecule has 58 valence electrons. The van der Waals surface area contributed by atoms with Gasteiger partial charge in [-0.15, -0.1) is 0 Å². The highest BCUT2D eigenvalue weighted by atomic mass is 16.1. The molecule has 0 aromatic rings. The van der Waals surface area contributed by atoms with Crippen molar-refractivity contribution in [2.45, 2.75) is 12.8 Å². The van der Waals surface area contributed by atoms with E-state index in [0.29, 0.717) is 5.92 Å². The highest BCUT2D eigenvalue weighted by Crippen LogP contribution is 2.81. The number of rotatable bonds is 1. The molecule has 5 saturated carbocycles. The third-order valence-electron chi connectivity index (χ3n) is 5.03. The molecule has 5 fully saturated rings. The average Bonchev–Trinajstić information content (AvgIpc) is 2.41. The molecule has 1 nitrogen and oxygen atoms in total. The molecule has 5 rings (SSSR count). The predicted octanol–water partition coefficient (Wildman–Crippen LogP) is 1.33. The van der Waals surface area contributed by atoms with Crippen LogP contribution in [0.1, 0.15) is 12.8 Å². The second-order valence-electron chi connectivity index (χ2n) is 4.99. The van der Waals surface area contributed by atoms with E-state index >= 15 is 0 Å². The van der Waals surface area contributed by atoms with Gasteiger partial charge in [-0.05, 0) is 48.3 Å². The summed E-state index contributed by atoms with van der Waals surface area (Å²) in [6.07, 6.45) is 4.00. The molecule has 7 atom stereocenters. The van der Waals surface area contributed by atoms with Crippen molar-refractivity contribution in [2.75, 3.05) is 0 Å². The Morgan fingerprint density at radius 2 is 1.73 bits per heavy atom. The highest BCUT2D eigenvalue weighted by molar-refractivity contribution is 5.57. The van der Waals surface area contributed by atoms with Gasteiger partial charge in [-0.1, -0.05) is 0 Å². The van der Waals surface area contributed by atoms with Crippen LogP contribution in [-0.2, 0) is 4.79 Å². The Hall–Kier alpha value is -0.330. The van der Waals surface area contributed by atoms with Gasteiger partial charge < -0.3 is 4.79 Å². The zero-order chi connectivity index (χ0) is 7.16. The van der Waals surface area contributed by atoms with E-state index in [4.69, 9.17) is 0 Å². The fourth-order valence-electron chi connectivity index (χ4n) is 4.94. The summed E-state index contributed by atoms with van der Waals surface area (Å²) in [4.78, 5) is 10.7. The molecule has 11 heavy (non-hydrogen) atoms. The van der Waals surface area contributed by atoms with Gasteiger partial charge in [-0.2, -0.15) is 0 Å². The van der Waals surface area contributed by atoms with Crippen LogP contribution in [0.15, 0.2) is 0 Å². The fourth-order valence-corrected chi connectivity index (χ4v) is 4.94. The molecule has 6 bridgehead atoms. The van der Waals surface area contributed by atoms with Crippen molar-refractivity contribution in [3.8, 4) is 0 Å². The first-order chi connectivity index (χ1) is 5.42. The fraction of sp³-hybridized carbons (Fsp3) is 0.900. The molecule has 0 N–H and O–H groups in total. The molecule has 0 unspecified atom stereocenters. The summed E-state index contributed by atoms with van der Waals surface area (Å²) in [7, 11) is 0. The van der Waals surface area contributed by atoms with Crippen molar-refractivity contribution in [1.29, 1.82) is 0 Å². The zero-order valence-electron chi connectivity index (χ0n) is 6.44. The summed E-state index contributed by atoms with van der Waals surface area (Å²) >= 11 is 0. The number of hydrogen-bond acceptors (Lipinski definition) is 1. The maximum atomic E-state index is 10.7. The lowest BCUT2D eigenvalue weighted by atomic mass is 9.90. The second-order valence-corrected chi connectivity index (χ2v) is 4.99. The minimum atomic E-state index is 0.485. The Morgan fingerprint density at radius 1 is 0.909 bits per heavy atom. The Morgan fingerprint density at radius 3 is 2.27 bits per heavy atom. The number of aldehydes is 1. The van der Waals surface area contributed by atoms with E-state index in [0.717, 1.165) is 35.5 Å². The summed E-state index contributed by atoms with van der Waals surface area (Å²) < 4.78 is 0. The second kappa shape index (κ2) is 1.30. The van der Waals surface area contributed by atoms with Crippen molar-refractivity contribution < 1.29 is 4.79 Å². The van der Waals surface area contributed by atoms with Gasteiger partial charge in [0.2, 0.25) is 0 Å². The molecule has 0 amide bonds. The largest absolute Gasteiger partial charge is 0.303 e. The third kappa shape index (κ3) is 0.361. The van der Waals surface area contributed by atoms with E-state index in [1.807, 2.05) is 0 Å². The zero-order valence-corrected chi connectivity index (χ0v) is 6.44. The van der Waals surface area contributed by atoms with Gasteiger partial charge in [-0.3, -0.25) is 0 Å². The van der Waals surface area contributed by atoms with Crippen LogP contribution in [0, 0.1) is 41.4 Å². The van der Waals surface area contributed by atoms with Crippen LogP contribution in [0.2, 0.25) is 0 Å². The first kappa shape index (κ1) is 5.34. The smallest absolute Gasteiger partial charge is 0.123 e. The molecule has 0 aliphatic heterocycles. The molecule has 0 spiro atoms. The molecular formula is C10H12O. The Kier molecular flexibility index (Phi) is 0.630. The van der Waals surface area contributed by atoms with Gasteiger partial charge in [0.05, 0.1) is 0 Å². The highest BCUT2D eigenvalue weighted by Gasteiger charge is 2.77. The van der Waals surface area contributed by atoms with Gasteiger partial charge in [0.25, 0.3) is 0 Å². The van der Waals surface area contributed by atoms with Crippen molar-refractivity contribution in [2.24, 2.45) is 41.4 Å². The Labute approximate surface area is 66.2 Å². The summed E-state index contributed by atoms with van der Waals surface area (Å²) in [6, 6.07) is 0. The van der Waals surface area contributed by atoms with Crippen LogP contribution in [0.4, 0.5) is 0 Å². The minimum Gasteiger partial charge on any atom is -0.303 e. The molecule has 0 radical (unpaired) electrons. The minimum absolute atomic E-state index is 0.485. The van der Waals surface area contributed by atoms with Gasteiger partial charge >= 0.3 is 0 Å². The van der Waals surface area contributed by atoms with E-state index in [9.17, 15) is 4.79 Å². The first-order valence-corrected chi connectivity index (χ1v) is 4.87. The number of carbonyl (C=O) groups excluding carboxylic acids is 1. The van der Waals surface area contributed by atoms with Crippen LogP contribution in [0.3, 0.4) is 0 Å².